The third-order valence-electron chi connectivity index (χ3n) is 4.88. The minimum Gasteiger partial charge on any atom is -0.497 e. The lowest BCUT2D eigenvalue weighted by Gasteiger charge is -2.17. The Balaban J connectivity index is 1.30. The maximum Gasteiger partial charge on any atom is 0.325 e. The Morgan fingerprint density at radius 1 is 1.17 bits per heavy atom. The van der Waals surface area contributed by atoms with Crippen molar-refractivity contribution in [3.63, 3.8) is 0 Å². The van der Waals surface area contributed by atoms with Crippen LogP contribution in [0.15, 0.2) is 29.4 Å². The number of rotatable bonds is 7. The van der Waals surface area contributed by atoms with Gasteiger partial charge in [0, 0.05) is 24.8 Å². The summed E-state index contributed by atoms with van der Waals surface area (Å²) in [4.78, 5) is 26.5. The molecule has 2 fully saturated rings. The fraction of sp³-hybridized carbons (Fsp3) is 0.474. The second-order valence-corrected chi connectivity index (χ2v) is 8.04. The molecule has 1 aliphatic heterocycles. The van der Waals surface area contributed by atoms with Crippen molar-refractivity contribution in [2.45, 2.75) is 36.9 Å². The highest BCUT2D eigenvalue weighted by atomic mass is 32.2. The van der Waals surface area contributed by atoms with Crippen molar-refractivity contribution in [2.24, 2.45) is 0 Å². The molecule has 0 spiro atoms. The summed E-state index contributed by atoms with van der Waals surface area (Å²) < 4.78 is 7.23. The molecule has 2 aliphatic rings. The Hall–Kier alpha value is -2.75. The summed E-state index contributed by atoms with van der Waals surface area (Å²) in [5.74, 6) is 1.32. The number of ether oxygens (including phenoxy) is 1. The average molecular weight is 417 g/mol. The van der Waals surface area contributed by atoms with Gasteiger partial charge >= 0.3 is 6.03 Å². The zero-order chi connectivity index (χ0) is 20.2. The minimum absolute atomic E-state index is 0.0981. The number of aromatic nitrogens is 3. The van der Waals surface area contributed by atoms with Crippen molar-refractivity contribution in [3.8, 4) is 5.75 Å². The van der Waals surface area contributed by atoms with Gasteiger partial charge in [-0.3, -0.25) is 14.7 Å². The average Bonchev–Trinajstić information content (AvgIpc) is 3.24. The Kier molecular flexibility index (Phi) is 5.89. The number of hydrogen-bond acceptors (Lipinski definition) is 7. The summed E-state index contributed by atoms with van der Waals surface area (Å²) >= 11 is 1.31. The molecule has 1 saturated heterocycles. The van der Waals surface area contributed by atoms with Crippen molar-refractivity contribution in [2.75, 3.05) is 36.2 Å². The maximum atomic E-state index is 12.2. The van der Waals surface area contributed by atoms with Crippen LogP contribution in [0.4, 0.5) is 16.4 Å². The van der Waals surface area contributed by atoms with E-state index >= 15 is 0 Å². The molecule has 1 saturated carbocycles. The monoisotopic (exact) mass is 416 g/mol. The first-order valence-electron chi connectivity index (χ1n) is 9.71. The fourth-order valence-corrected chi connectivity index (χ4v) is 4.08. The number of urea groups is 1. The highest BCUT2D eigenvalue weighted by molar-refractivity contribution is 7.99. The number of nitrogens with one attached hydrogen (secondary N) is 2. The zero-order valence-electron chi connectivity index (χ0n) is 16.3. The van der Waals surface area contributed by atoms with Gasteiger partial charge in [0.25, 0.3) is 0 Å². The van der Waals surface area contributed by atoms with E-state index in [0.717, 1.165) is 37.0 Å². The van der Waals surface area contributed by atoms with Gasteiger partial charge in [0.1, 0.15) is 5.75 Å². The highest BCUT2D eigenvalue weighted by Crippen LogP contribution is 2.41. The standard InChI is InChI=1S/C19H24N6O3S/c1-28-15-8-4-13(5-9-15)20-17(27)21-16(26)12-29-19-23-22-18(24-10-2-3-11-24)25(19)14-6-7-14/h4-5,8-9,14H,2-3,6-7,10-12H2,1H3,(H2,20,21,26,27). The van der Waals surface area contributed by atoms with Gasteiger partial charge in [-0.1, -0.05) is 11.8 Å². The molecular formula is C19H24N6O3S. The second kappa shape index (κ2) is 8.73. The normalized spacial score (nSPS) is 16.0. The van der Waals surface area contributed by atoms with Crippen LogP contribution in [-0.4, -0.2) is 52.7 Å². The van der Waals surface area contributed by atoms with Crippen molar-refractivity contribution < 1.29 is 14.3 Å². The molecule has 1 aromatic heterocycles. The van der Waals surface area contributed by atoms with Crippen molar-refractivity contribution >= 4 is 35.3 Å². The van der Waals surface area contributed by atoms with Gasteiger partial charge in [-0.05, 0) is 49.9 Å². The fourth-order valence-electron chi connectivity index (χ4n) is 3.28. The van der Waals surface area contributed by atoms with Gasteiger partial charge in [-0.15, -0.1) is 10.2 Å². The predicted octanol–water partition coefficient (Wildman–Crippen LogP) is 2.66. The molecule has 3 amide bonds. The van der Waals surface area contributed by atoms with Crippen molar-refractivity contribution in [1.29, 1.82) is 0 Å². The smallest absolute Gasteiger partial charge is 0.325 e. The number of carbonyl (C=O) groups excluding carboxylic acids is 2. The third-order valence-corrected chi connectivity index (χ3v) is 5.82. The first-order chi connectivity index (χ1) is 14.1. The van der Waals surface area contributed by atoms with E-state index in [4.69, 9.17) is 4.74 Å². The van der Waals surface area contributed by atoms with E-state index in [-0.39, 0.29) is 11.7 Å². The van der Waals surface area contributed by atoms with E-state index in [9.17, 15) is 9.59 Å². The van der Waals surface area contributed by atoms with E-state index in [1.54, 1.807) is 31.4 Å². The molecule has 1 aromatic carbocycles. The summed E-state index contributed by atoms with van der Waals surface area (Å²) in [6, 6.07) is 6.73. The molecule has 2 aromatic rings. The van der Waals surface area contributed by atoms with Gasteiger partial charge in [0.2, 0.25) is 11.9 Å². The van der Waals surface area contributed by atoms with Crippen LogP contribution in [0.5, 0.6) is 5.75 Å². The number of hydrogen-bond donors (Lipinski definition) is 2. The van der Waals surface area contributed by atoms with Crippen LogP contribution in [0.25, 0.3) is 0 Å². The molecule has 0 atom stereocenters. The number of benzene rings is 1. The zero-order valence-corrected chi connectivity index (χ0v) is 17.1. The summed E-state index contributed by atoms with van der Waals surface area (Å²) in [6.07, 6.45) is 4.57. The van der Waals surface area contributed by atoms with Crippen LogP contribution in [0.1, 0.15) is 31.7 Å². The van der Waals surface area contributed by atoms with E-state index in [2.05, 4.69) is 30.3 Å². The Labute approximate surface area is 173 Å². The maximum absolute atomic E-state index is 12.2. The van der Waals surface area contributed by atoms with Crippen molar-refractivity contribution in [3.05, 3.63) is 24.3 Å². The number of imide groups is 1. The summed E-state index contributed by atoms with van der Waals surface area (Å²) in [7, 11) is 1.57. The van der Waals surface area contributed by atoms with Crippen LogP contribution in [0.2, 0.25) is 0 Å². The molecule has 29 heavy (non-hydrogen) atoms. The van der Waals surface area contributed by atoms with Gasteiger partial charge < -0.3 is 15.0 Å². The van der Waals surface area contributed by atoms with E-state index in [1.807, 2.05) is 0 Å². The number of anilines is 2. The largest absolute Gasteiger partial charge is 0.497 e. The molecule has 2 N–H and O–H groups in total. The molecule has 10 heteroatoms. The number of amides is 3. The quantitative estimate of drug-likeness (QED) is 0.669. The van der Waals surface area contributed by atoms with E-state index in [0.29, 0.717) is 17.5 Å². The Morgan fingerprint density at radius 3 is 2.55 bits per heavy atom. The van der Waals surface area contributed by atoms with Gasteiger partial charge in [0.05, 0.1) is 12.9 Å². The highest BCUT2D eigenvalue weighted by Gasteiger charge is 2.32. The second-order valence-electron chi connectivity index (χ2n) is 7.10. The Morgan fingerprint density at radius 2 is 1.90 bits per heavy atom. The van der Waals surface area contributed by atoms with Crippen LogP contribution >= 0.6 is 11.8 Å². The molecule has 9 nitrogen and oxygen atoms in total. The summed E-state index contributed by atoms with van der Waals surface area (Å²) in [5, 5.41) is 14.4. The summed E-state index contributed by atoms with van der Waals surface area (Å²) in [5.41, 5.74) is 0.576. The van der Waals surface area contributed by atoms with Crippen LogP contribution < -0.4 is 20.3 Å². The lowest BCUT2D eigenvalue weighted by molar-refractivity contribution is -0.117. The summed E-state index contributed by atoms with van der Waals surface area (Å²) in [6.45, 7) is 2.00. The van der Waals surface area contributed by atoms with Gasteiger partial charge in [-0.25, -0.2) is 4.79 Å². The number of carbonyl (C=O) groups is 2. The number of nitrogens with zero attached hydrogens (tertiary/aromatic N) is 4. The number of thioether (sulfide) groups is 1. The third kappa shape index (κ3) is 4.81. The molecular weight excluding hydrogens is 392 g/mol. The molecule has 2 heterocycles. The molecule has 154 valence electrons. The molecule has 0 bridgehead atoms. The predicted molar refractivity (Wildman–Crippen MR) is 111 cm³/mol. The van der Waals surface area contributed by atoms with Crippen LogP contribution in [-0.2, 0) is 4.79 Å². The lowest BCUT2D eigenvalue weighted by Crippen LogP contribution is -2.35. The van der Waals surface area contributed by atoms with Gasteiger partial charge in [-0.2, -0.15) is 0 Å². The molecule has 0 radical (unpaired) electrons. The van der Waals surface area contributed by atoms with Crippen LogP contribution in [0.3, 0.4) is 0 Å². The van der Waals surface area contributed by atoms with Gasteiger partial charge in [0.15, 0.2) is 5.16 Å². The topological polar surface area (TPSA) is 101 Å². The number of methoxy groups -OCH3 is 1. The molecule has 1 aliphatic carbocycles. The first-order valence-corrected chi connectivity index (χ1v) is 10.7. The Bertz CT molecular complexity index is 875. The van der Waals surface area contributed by atoms with Crippen molar-refractivity contribution in [1.82, 2.24) is 20.1 Å². The SMILES string of the molecule is COc1ccc(NC(=O)NC(=O)CSc2nnc(N3CCCC3)n2C2CC2)cc1. The van der Waals surface area contributed by atoms with E-state index < -0.39 is 6.03 Å². The van der Waals surface area contributed by atoms with Crippen LogP contribution in [0, 0.1) is 0 Å². The lowest BCUT2D eigenvalue weighted by atomic mass is 10.3. The first kappa shape index (κ1) is 19.6. The molecule has 4 rings (SSSR count). The minimum atomic E-state index is -0.567. The molecule has 0 unspecified atom stereocenters. The van der Waals surface area contributed by atoms with E-state index in [1.165, 1.54) is 24.6 Å².